The molecule has 0 radical (unpaired) electrons. The van der Waals surface area contributed by atoms with E-state index in [9.17, 15) is 23.2 Å². The minimum atomic E-state index is -0.959. The van der Waals surface area contributed by atoms with Crippen LogP contribution in [-0.4, -0.2) is 59.8 Å². The number of amides is 3. The van der Waals surface area contributed by atoms with Gasteiger partial charge in [-0.3, -0.25) is 14.4 Å². The van der Waals surface area contributed by atoms with Crippen LogP contribution >= 0.6 is 0 Å². The number of nitrogens with zero attached hydrogens (tertiary/aromatic N) is 2. The maximum atomic E-state index is 14.2. The van der Waals surface area contributed by atoms with Crippen molar-refractivity contribution in [2.45, 2.75) is 44.3 Å². The van der Waals surface area contributed by atoms with Gasteiger partial charge in [0.15, 0.2) is 0 Å². The monoisotopic (exact) mass is 471 g/mol. The molecule has 7 nitrogen and oxygen atoms in total. The Morgan fingerprint density at radius 2 is 1.62 bits per heavy atom. The van der Waals surface area contributed by atoms with E-state index in [1.807, 2.05) is 24.3 Å². The number of benzene rings is 2. The topological polar surface area (TPSA) is 79.0 Å². The van der Waals surface area contributed by atoms with Gasteiger partial charge in [0.25, 0.3) is 5.91 Å². The van der Waals surface area contributed by atoms with Crippen LogP contribution in [0.3, 0.4) is 0 Å². The van der Waals surface area contributed by atoms with Crippen LogP contribution in [0.4, 0.5) is 8.78 Å². The van der Waals surface area contributed by atoms with E-state index < -0.39 is 35.2 Å². The lowest BCUT2D eigenvalue weighted by atomic mass is 10.1. The molecule has 2 saturated heterocycles. The van der Waals surface area contributed by atoms with Gasteiger partial charge in [0.2, 0.25) is 11.8 Å². The van der Waals surface area contributed by atoms with E-state index in [4.69, 9.17) is 4.74 Å². The predicted octanol–water partition coefficient (Wildman–Crippen LogP) is 2.89. The van der Waals surface area contributed by atoms with Crippen LogP contribution in [-0.2, 0) is 16.1 Å². The van der Waals surface area contributed by atoms with Crippen molar-refractivity contribution in [2.24, 2.45) is 0 Å². The molecule has 0 spiro atoms. The summed E-state index contributed by atoms with van der Waals surface area (Å²) in [5.74, 6) is -2.71. The summed E-state index contributed by atoms with van der Waals surface area (Å²) in [5.41, 5.74) is 0.208. The van der Waals surface area contributed by atoms with Crippen LogP contribution in [0.2, 0.25) is 0 Å². The molecule has 2 heterocycles. The fraction of sp³-hybridized carbons (Fsp3) is 0.400. The molecule has 0 unspecified atom stereocenters. The molecule has 2 aliphatic heterocycles. The molecule has 4 rings (SSSR count). The van der Waals surface area contributed by atoms with E-state index in [0.717, 1.165) is 17.7 Å². The van der Waals surface area contributed by atoms with Crippen molar-refractivity contribution in [3.8, 4) is 5.75 Å². The van der Waals surface area contributed by atoms with Gasteiger partial charge in [0, 0.05) is 19.6 Å². The normalized spacial score (nSPS) is 19.9. The molecule has 2 aromatic carbocycles. The first-order chi connectivity index (χ1) is 16.4. The average molecular weight is 472 g/mol. The lowest BCUT2D eigenvalue weighted by Gasteiger charge is -2.31. The Hall–Kier alpha value is -3.49. The molecule has 9 heteroatoms. The quantitative estimate of drug-likeness (QED) is 0.703. The number of likely N-dealkylation sites (tertiary alicyclic amines) is 2. The molecule has 180 valence electrons. The molecule has 2 fully saturated rings. The molecular weight excluding hydrogens is 444 g/mol. The van der Waals surface area contributed by atoms with Gasteiger partial charge in [-0.25, -0.2) is 8.78 Å². The molecule has 2 aromatic rings. The van der Waals surface area contributed by atoms with E-state index in [2.05, 4.69) is 5.32 Å². The number of ether oxygens (including phenoxy) is 1. The van der Waals surface area contributed by atoms with Crippen LogP contribution < -0.4 is 10.1 Å². The molecule has 1 N–H and O–H groups in total. The van der Waals surface area contributed by atoms with E-state index in [1.54, 1.807) is 7.11 Å². The lowest BCUT2D eigenvalue weighted by molar-refractivity contribution is -0.141. The number of hydrogen-bond acceptors (Lipinski definition) is 4. The summed E-state index contributed by atoms with van der Waals surface area (Å²) in [6.45, 7) is 0.904. The number of methoxy groups -OCH3 is 1. The van der Waals surface area contributed by atoms with Crippen molar-refractivity contribution in [3.05, 3.63) is 65.2 Å². The Bertz CT molecular complexity index is 1070. The average Bonchev–Trinajstić information content (AvgIpc) is 3.52. The summed E-state index contributed by atoms with van der Waals surface area (Å²) in [4.78, 5) is 42.0. The second-order valence-corrected chi connectivity index (χ2v) is 8.51. The third kappa shape index (κ3) is 4.73. The Morgan fingerprint density at radius 1 is 0.971 bits per heavy atom. The lowest BCUT2D eigenvalue weighted by Crippen LogP contribution is -2.53. The first-order valence-corrected chi connectivity index (χ1v) is 11.4. The summed E-state index contributed by atoms with van der Waals surface area (Å²) >= 11 is 0. The third-order valence-corrected chi connectivity index (χ3v) is 6.41. The molecule has 0 saturated carbocycles. The number of carbonyl (C=O) groups is 3. The maximum Gasteiger partial charge on any atom is 0.260 e. The van der Waals surface area contributed by atoms with E-state index in [-0.39, 0.29) is 24.9 Å². The van der Waals surface area contributed by atoms with Crippen LogP contribution in [0.5, 0.6) is 5.75 Å². The van der Waals surface area contributed by atoms with Crippen LogP contribution in [0.15, 0.2) is 42.5 Å². The fourth-order valence-corrected chi connectivity index (χ4v) is 4.70. The van der Waals surface area contributed by atoms with Crippen molar-refractivity contribution < 1.29 is 27.9 Å². The standard InChI is InChI=1S/C25H27F2N3O4/c1-34-17-7-2-6-16(14-17)15-28-23(31)20-10-4-12-29(20)24(32)21-11-5-13-30(21)25(33)22-18(26)8-3-9-19(22)27/h2-3,6-9,14,20-21H,4-5,10-13,15H2,1H3,(H,28,31)/t20-,21-/m0/s1. The Balaban J connectivity index is 1.44. The van der Waals surface area contributed by atoms with Gasteiger partial charge in [0.1, 0.15) is 35.0 Å². The SMILES string of the molecule is COc1cccc(CNC(=O)[C@@H]2CCCN2C(=O)[C@@H]2CCCN2C(=O)c2c(F)cccc2F)c1. The minimum absolute atomic E-state index is 0.226. The maximum absolute atomic E-state index is 14.2. The minimum Gasteiger partial charge on any atom is -0.497 e. The Morgan fingerprint density at radius 3 is 2.32 bits per heavy atom. The molecule has 2 aliphatic rings. The van der Waals surface area contributed by atoms with Gasteiger partial charge in [-0.05, 0) is 55.5 Å². The van der Waals surface area contributed by atoms with Crippen molar-refractivity contribution in [1.82, 2.24) is 15.1 Å². The highest BCUT2D eigenvalue weighted by Crippen LogP contribution is 2.27. The highest BCUT2D eigenvalue weighted by atomic mass is 19.1. The second-order valence-electron chi connectivity index (χ2n) is 8.51. The summed E-state index contributed by atoms with van der Waals surface area (Å²) in [7, 11) is 1.57. The smallest absolute Gasteiger partial charge is 0.260 e. The van der Waals surface area contributed by atoms with Crippen LogP contribution in [0, 0.1) is 11.6 Å². The van der Waals surface area contributed by atoms with Gasteiger partial charge in [0.05, 0.1) is 7.11 Å². The second kappa shape index (κ2) is 10.2. The molecular formula is C25H27F2N3O4. The van der Waals surface area contributed by atoms with Crippen LogP contribution in [0.25, 0.3) is 0 Å². The van der Waals surface area contributed by atoms with Gasteiger partial charge in [-0.2, -0.15) is 0 Å². The van der Waals surface area contributed by atoms with Gasteiger partial charge >= 0.3 is 0 Å². The summed E-state index contributed by atoms with van der Waals surface area (Å²) in [6.07, 6.45) is 2.10. The van der Waals surface area contributed by atoms with E-state index in [0.29, 0.717) is 38.0 Å². The largest absolute Gasteiger partial charge is 0.497 e. The Labute approximate surface area is 196 Å². The van der Waals surface area contributed by atoms with Crippen molar-refractivity contribution >= 4 is 17.7 Å². The summed E-state index contributed by atoms with van der Waals surface area (Å²) in [6, 6.07) is 9.05. The zero-order chi connectivity index (χ0) is 24.2. The zero-order valence-electron chi connectivity index (χ0n) is 18.9. The third-order valence-electron chi connectivity index (χ3n) is 6.41. The van der Waals surface area contributed by atoms with Crippen molar-refractivity contribution in [3.63, 3.8) is 0 Å². The number of rotatable bonds is 6. The highest BCUT2D eigenvalue weighted by molar-refractivity contribution is 5.99. The molecule has 0 aliphatic carbocycles. The van der Waals surface area contributed by atoms with E-state index >= 15 is 0 Å². The molecule has 2 atom stereocenters. The fourth-order valence-electron chi connectivity index (χ4n) is 4.70. The van der Waals surface area contributed by atoms with E-state index in [1.165, 1.54) is 15.9 Å². The number of carbonyl (C=O) groups excluding carboxylic acids is 3. The molecule has 0 bridgehead atoms. The first-order valence-electron chi connectivity index (χ1n) is 11.4. The number of hydrogen-bond donors (Lipinski definition) is 1. The van der Waals surface area contributed by atoms with Crippen molar-refractivity contribution in [2.75, 3.05) is 20.2 Å². The molecule has 34 heavy (non-hydrogen) atoms. The zero-order valence-corrected chi connectivity index (χ0v) is 18.9. The highest BCUT2D eigenvalue weighted by Gasteiger charge is 2.43. The predicted molar refractivity (Wildman–Crippen MR) is 120 cm³/mol. The number of nitrogens with one attached hydrogen (secondary N) is 1. The van der Waals surface area contributed by atoms with Crippen molar-refractivity contribution in [1.29, 1.82) is 0 Å². The summed E-state index contributed by atoms with van der Waals surface area (Å²) in [5, 5.41) is 2.87. The Kier molecular flexibility index (Phi) is 7.09. The molecule has 0 aromatic heterocycles. The molecule has 3 amide bonds. The van der Waals surface area contributed by atoms with Gasteiger partial charge < -0.3 is 19.9 Å². The van der Waals surface area contributed by atoms with Gasteiger partial charge in [-0.15, -0.1) is 0 Å². The number of halogens is 2. The van der Waals surface area contributed by atoms with Crippen LogP contribution in [0.1, 0.15) is 41.6 Å². The first kappa shape index (κ1) is 23.7. The summed E-state index contributed by atoms with van der Waals surface area (Å²) < 4.78 is 33.6. The van der Waals surface area contributed by atoms with Gasteiger partial charge in [-0.1, -0.05) is 18.2 Å².